The molecule has 18 heteroatoms. The lowest BCUT2D eigenvalue weighted by atomic mass is 9.97. The van der Waals surface area contributed by atoms with Crippen molar-refractivity contribution in [3.05, 3.63) is 76.5 Å². The Kier molecular flexibility index (Phi) is 11.0. The number of carbonyl (C=O) groups is 1. The largest absolute Gasteiger partial charge is 0.508 e. The Labute approximate surface area is 304 Å². The molecule has 3 aromatic carbocycles. The van der Waals surface area contributed by atoms with E-state index in [0.717, 1.165) is 18.2 Å². The molecule has 2 saturated heterocycles. The van der Waals surface area contributed by atoms with Gasteiger partial charge in [0, 0.05) is 23.8 Å². The van der Waals surface area contributed by atoms with Gasteiger partial charge in [0.1, 0.15) is 77.6 Å². The molecule has 6 rings (SSSR count). The first-order valence-corrected chi connectivity index (χ1v) is 16.3. The number of phenolic OH excluding ortho intramolecular Hbond substituents is 5. The normalized spacial score (nSPS) is 28.6. The molecule has 10 atom stereocenters. The Bertz CT molecular complexity index is 2080. The first-order valence-electron chi connectivity index (χ1n) is 16.3. The predicted molar refractivity (Wildman–Crippen MR) is 181 cm³/mol. The molecular weight excluding hydrogens is 720 g/mol. The molecule has 54 heavy (non-hydrogen) atoms. The average molecular weight is 757 g/mol. The number of hydrogen-bond donors (Lipinski definition) is 10. The van der Waals surface area contributed by atoms with Crippen molar-refractivity contribution in [1.29, 1.82) is 0 Å². The van der Waals surface area contributed by atoms with E-state index in [1.54, 1.807) is 0 Å². The van der Waals surface area contributed by atoms with Crippen molar-refractivity contribution in [2.24, 2.45) is 0 Å². The fourth-order valence-corrected chi connectivity index (χ4v) is 5.93. The van der Waals surface area contributed by atoms with E-state index in [9.17, 15) is 60.7 Å². The van der Waals surface area contributed by atoms with E-state index >= 15 is 0 Å². The number of aliphatic hydroxyl groups excluding tert-OH is 5. The Morgan fingerprint density at radius 2 is 1.46 bits per heavy atom. The van der Waals surface area contributed by atoms with Crippen molar-refractivity contribution >= 4 is 23.0 Å². The number of benzene rings is 3. The van der Waals surface area contributed by atoms with Crippen molar-refractivity contribution in [2.45, 2.75) is 68.3 Å². The highest BCUT2D eigenvalue weighted by atomic mass is 16.7. The van der Waals surface area contributed by atoms with E-state index in [0.29, 0.717) is 5.56 Å². The second-order valence-corrected chi connectivity index (χ2v) is 12.6. The number of fused-ring (bicyclic) bond motifs is 1. The maximum Gasteiger partial charge on any atom is 0.330 e. The highest BCUT2D eigenvalue weighted by molar-refractivity contribution is 5.88. The topological polar surface area (TPSA) is 296 Å². The third-order valence-electron chi connectivity index (χ3n) is 8.82. The average Bonchev–Trinajstić information content (AvgIpc) is 3.13. The van der Waals surface area contributed by atoms with E-state index in [1.165, 1.54) is 55.5 Å². The lowest BCUT2D eigenvalue weighted by Gasteiger charge is -2.45. The number of rotatable bonds is 9. The number of ether oxygens (including phenoxy) is 5. The molecule has 4 aromatic rings. The SMILES string of the molecule is CC1OC(Oc2c(-c3ccc(O)cc3)oc3cc(O)cc(O)c3c2=O)C(O)C(O)C1OC1OC(COC(=O)C=Cc2ccc(O)c(O)c2)C(O)C(O)C1O. The fraction of sp³-hybridized carbons (Fsp3) is 0.333. The number of esters is 1. The zero-order valence-electron chi connectivity index (χ0n) is 28.1. The number of aliphatic hydroxyl groups is 5. The van der Waals surface area contributed by atoms with E-state index in [4.69, 9.17) is 28.1 Å². The fourth-order valence-electron chi connectivity index (χ4n) is 5.93. The van der Waals surface area contributed by atoms with Crippen LogP contribution in [0.3, 0.4) is 0 Å². The Balaban J connectivity index is 1.16. The lowest BCUT2D eigenvalue weighted by molar-refractivity contribution is -0.349. The van der Waals surface area contributed by atoms with Crippen LogP contribution in [0.25, 0.3) is 28.4 Å². The third-order valence-corrected chi connectivity index (χ3v) is 8.82. The number of phenols is 5. The number of hydrogen-bond acceptors (Lipinski definition) is 18. The highest BCUT2D eigenvalue weighted by Gasteiger charge is 2.50. The summed E-state index contributed by atoms with van der Waals surface area (Å²) in [5, 5.41) is 103. The quantitative estimate of drug-likeness (QED) is 0.0623. The van der Waals surface area contributed by atoms with Crippen molar-refractivity contribution in [3.8, 4) is 45.8 Å². The van der Waals surface area contributed by atoms with E-state index in [1.807, 2.05) is 0 Å². The van der Waals surface area contributed by atoms with Gasteiger partial charge in [0.15, 0.2) is 23.5 Å². The molecule has 0 bridgehead atoms. The van der Waals surface area contributed by atoms with E-state index in [-0.39, 0.29) is 33.8 Å². The van der Waals surface area contributed by atoms with Crippen molar-refractivity contribution in [3.63, 3.8) is 0 Å². The molecule has 0 radical (unpaired) electrons. The summed E-state index contributed by atoms with van der Waals surface area (Å²) < 4.78 is 33.9. The molecule has 2 aliphatic heterocycles. The summed E-state index contributed by atoms with van der Waals surface area (Å²) in [7, 11) is 0. The summed E-state index contributed by atoms with van der Waals surface area (Å²) in [6, 6.07) is 11.1. The summed E-state index contributed by atoms with van der Waals surface area (Å²) in [5.74, 6) is -3.69. The standard InChI is InChI=1S/C36H36O18/c1-14-32(53-36-30(47)28(45)26(43)23(52-36)13-49-24(42)9-3-15-2-8-19(39)20(40)10-15)29(46)31(48)35(50-14)54-34-27(44)25-21(41)11-18(38)12-22(25)51-33(34)16-4-6-17(37)7-5-16/h2-12,14,23,26,28-32,35-41,43,45-48H,13H2,1H3. The van der Waals surface area contributed by atoms with Crippen LogP contribution in [-0.4, -0.2) is 125 Å². The van der Waals surface area contributed by atoms with Crippen LogP contribution in [0.15, 0.2) is 69.9 Å². The van der Waals surface area contributed by atoms with Gasteiger partial charge in [-0.15, -0.1) is 0 Å². The molecule has 0 saturated carbocycles. The molecule has 2 aliphatic rings. The second kappa shape index (κ2) is 15.5. The third kappa shape index (κ3) is 7.77. The highest BCUT2D eigenvalue weighted by Crippen LogP contribution is 2.38. The van der Waals surface area contributed by atoms with Gasteiger partial charge in [0.05, 0.1) is 6.10 Å². The maximum absolute atomic E-state index is 13.7. The van der Waals surface area contributed by atoms with Gasteiger partial charge in [0.25, 0.3) is 0 Å². The monoisotopic (exact) mass is 756 g/mol. The molecule has 2 fully saturated rings. The minimum Gasteiger partial charge on any atom is -0.508 e. The van der Waals surface area contributed by atoms with Crippen LogP contribution in [0.2, 0.25) is 0 Å². The Hall–Kier alpha value is -5.44. The van der Waals surface area contributed by atoms with Gasteiger partial charge < -0.3 is 79.2 Å². The van der Waals surface area contributed by atoms with Gasteiger partial charge in [-0.05, 0) is 55.0 Å². The van der Waals surface area contributed by atoms with E-state index in [2.05, 4.69) is 0 Å². The van der Waals surface area contributed by atoms with E-state index < -0.39 is 102 Å². The summed E-state index contributed by atoms with van der Waals surface area (Å²) in [6.45, 7) is 0.744. The predicted octanol–water partition coefficient (Wildman–Crippen LogP) is 0.283. The number of carbonyl (C=O) groups excluding carboxylic acids is 1. The molecular formula is C36H36O18. The maximum atomic E-state index is 13.7. The Morgan fingerprint density at radius 3 is 2.17 bits per heavy atom. The van der Waals surface area contributed by atoms with Gasteiger partial charge in [-0.3, -0.25) is 4.79 Å². The smallest absolute Gasteiger partial charge is 0.330 e. The van der Waals surface area contributed by atoms with Crippen LogP contribution in [0.5, 0.6) is 34.5 Å². The van der Waals surface area contributed by atoms with Crippen LogP contribution >= 0.6 is 0 Å². The van der Waals surface area contributed by atoms with Crippen LogP contribution < -0.4 is 10.2 Å². The van der Waals surface area contributed by atoms with Crippen molar-refractivity contribution < 1.29 is 84.0 Å². The molecule has 0 aliphatic carbocycles. The van der Waals surface area contributed by atoms with Crippen LogP contribution in [-0.2, 0) is 23.7 Å². The van der Waals surface area contributed by atoms with Gasteiger partial charge in [0.2, 0.25) is 17.5 Å². The zero-order chi connectivity index (χ0) is 39.0. The van der Waals surface area contributed by atoms with Gasteiger partial charge in [-0.25, -0.2) is 4.79 Å². The zero-order valence-corrected chi connectivity index (χ0v) is 28.1. The second-order valence-electron chi connectivity index (χ2n) is 12.6. The molecule has 18 nitrogen and oxygen atoms in total. The summed E-state index contributed by atoms with van der Waals surface area (Å²) in [4.78, 5) is 26.0. The molecule has 0 spiro atoms. The van der Waals surface area contributed by atoms with Gasteiger partial charge in [-0.1, -0.05) is 6.07 Å². The molecule has 288 valence electrons. The molecule has 10 unspecified atom stereocenters. The van der Waals surface area contributed by atoms with Crippen molar-refractivity contribution in [2.75, 3.05) is 6.61 Å². The van der Waals surface area contributed by atoms with Crippen molar-refractivity contribution in [1.82, 2.24) is 0 Å². The molecule has 10 N–H and O–H groups in total. The minimum absolute atomic E-state index is 0.114. The van der Waals surface area contributed by atoms with Crippen LogP contribution in [0, 0.1) is 0 Å². The van der Waals surface area contributed by atoms with Gasteiger partial charge >= 0.3 is 5.97 Å². The van der Waals surface area contributed by atoms with Crippen LogP contribution in [0.1, 0.15) is 12.5 Å². The summed E-state index contributed by atoms with van der Waals surface area (Å²) in [5.41, 5.74) is -0.624. The lowest BCUT2D eigenvalue weighted by Crippen LogP contribution is -2.64. The summed E-state index contributed by atoms with van der Waals surface area (Å²) >= 11 is 0. The molecule has 1 aromatic heterocycles. The first kappa shape index (κ1) is 38.3. The van der Waals surface area contributed by atoms with Gasteiger partial charge in [-0.2, -0.15) is 0 Å². The molecule has 0 amide bonds. The minimum atomic E-state index is -1.96. The number of aromatic hydroxyl groups is 5. The summed E-state index contributed by atoms with van der Waals surface area (Å²) in [6.07, 6.45) is -14.8. The Morgan fingerprint density at radius 1 is 0.759 bits per heavy atom. The first-order chi connectivity index (χ1) is 25.6. The molecule has 3 heterocycles. The van der Waals surface area contributed by atoms with Crippen LogP contribution in [0.4, 0.5) is 0 Å².